The van der Waals surface area contributed by atoms with Crippen LogP contribution in [0.1, 0.15) is 5.56 Å². The number of nitriles is 1. The van der Waals surface area contributed by atoms with Gasteiger partial charge in [-0.05, 0) is 90.5 Å². The van der Waals surface area contributed by atoms with Crippen molar-refractivity contribution in [1.82, 2.24) is 18.7 Å². The fourth-order valence-corrected chi connectivity index (χ4v) is 12.8. The molecule has 17 rings (SSSR count). The van der Waals surface area contributed by atoms with Crippen molar-refractivity contribution in [3.8, 4) is 34.3 Å². The van der Waals surface area contributed by atoms with Crippen LogP contribution in [-0.4, -0.2) is 18.7 Å². The predicted octanol–water partition coefficient (Wildman–Crippen LogP) is 18.2. The molecule has 0 bridgehead atoms. The topological polar surface area (TPSA) is 95.2 Å². The van der Waals surface area contributed by atoms with Gasteiger partial charge >= 0.3 is 0 Å². The van der Waals surface area contributed by atoms with Crippen molar-refractivity contribution in [3.05, 3.63) is 223 Å². The van der Waals surface area contributed by atoms with Crippen LogP contribution in [0, 0.1) is 17.9 Å². The first kappa shape index (κ1) is 40.7. The maximum atomic E-state index is 12.3. The predicted molar refractivity (Wildman–Crippen MR) is 306 cm³/mol. The molecule has 0 saturated carbocycles. The largest absolute Gasteiger partial charge is 0.455 e. The second-order valence-electron chi connectivity index (χ2n) is 19.5. The Morgan fingerprint density at radius 2 is 0.750 bits per heavy atom. The van der Waals surface area contributed by atoms with E-state index in [1.165, 1.54) is 0 Å². The lowest BCUT2D eigenvalue weighted by Crippen LogP contribution is -2.11. The normalized spacial score (nSPS) is 12.2. The van der Waals surface area contributed by atoms with E-state index >= 15 is 0 Å². The molecule has 350 valence electrons. The van der Waals surface area contributed by atoms with Crippen molar-refractivity contribution >= 4 is 137 Å². The number of hydrogen-bond donors (Lipinski definition) is 0. The van der Waals surface area contributed by atoms with E-state index in [1.54, 1.807) is 12.4 Å². The maximum absolute atomic E-state index is 12.3. The SMILES string of the molecule is [C-]#[N+]c1c(-n2c3ccccc3c3c4oc5ccccc5c4ccc32)c(C#N)c(-c2ccncc2)c(-n2c3ccccc3c3c4oc5ccccc5c4ccc32)c1-n1c2ccccc2c2c3oc4ccccc4c3ccc21. The molecular weight excluding hydrogens is 937 g/mol. The molecule has 10 aromatic carbocycles. The molecule has 7 aromatic heterocycles. The van der Waals surface area contributed by atoms with Crippen molar-refractivity contribution in [2.45, 2.75) is 0 Å². The summed E-state index contributed by atoms with van der Waals surface area (Å²) in [6, 6.07) is 68.8. The van der Waals surface area contributed by atoms with Crippen molar-refractivity contribution in [2.24, 2.45) is 0 Å². The number of benzene rings is 10. The second-order valence-corrected chi connectivity index (χ2v) is 19.5. The molecule has 76 heavy (non-hydrogen) atoms. The number of furan rings is 3. The van der Waals surface area contributed by atoms with E-state index in [1.807, 2.05) is 91.0 Å². The molecule has 0 saturated heterocycles. The van der Waals surface area contributed by atoms with Crippen molar-refractivity contribution in [1.29, 1.82) is 5.26 Å². The highest BCUT2D eigenvalue weighted by atomic mass is 16.3. The molecule has 0 atom stereocenters. The summed E-state index contributed by atoms with van der Waals surface area (Å²) >= 11 is 0. The third-order valence-corrected chi connectivity index (χ3v) is 15.8. The molecule has 9 heteroatoms. The fraction of sp³-hybridized carbons (Fsp3) is 0. The van der Waals surface area contributed by atoms with Crippen LogP contribution >= 0.6 is 0 Å². The highest BCUT2D eigenvalue weighted by molar-refractivity contribution is 6.28. The fourth-order valence-electron chi connectivity index (χ4n) is 12.8. The summed E-state index contributed by atoms with van der Waals surface area (Å²) in [5.41, 5.74) is 13.3. The van der Waals surface area contributed by atoms with Gasteiger partial charge in [0, 0.05) is 66.4 Å². The Morgan fingerprint density at radius 3 is 1.16 bits per heavy atom. The first-order chi connectivity index (χ1) is 37.7. The average Bonchev–Trinajstić information content (AvgIpc) is 4.45. The summed E-state index contributed by atoms with van der Waals surface area (Å²) in [4.78, 5) is 9.25. The van der Waals surface area contributed by atoms with E-state index in [4.69, 9.17) is 18.1 Å². The molecule has 0 fully saturated rings. The Bertz CT molecular complexity index is 5510. The zero-order valence-electron chi connectivity index (χ0n) is 40.0. The van der Waals surface area contributed by atoms with E-state index in [9.17, 15) is 11.8 Å². The minimum atomic E-state index is 0.278. The van der Waals surface area contributed by atoms with E-state index in [-0.39, 0.29) is 5.69 Å². The minimum absolute atomic E-state index is 0.278. The van der Waals surface area contributed by atoms with Gasteiger partial charge in [-0.25, -0.2) is 4.85 Å². The lowest BCUT2D eigenvalue weighted by Gasteiger charge is -2.26. The zero-order valence-corrected chi connectivity index (χ0v) is 40.0. The molecule has 9 nitrogen and oxygen atoms in total. The van der Waals surface area contributed by atoms with Gasteiger partial charge in [0.25, 0.3) is 0 Å². The number of para-hydroxylation sites is 6. The molecule has 7 heterocycles. The number of nitrogens with zero attached hydrogens (tertiary/aromatic N) is 6. The maximum Gasteiger partial charge on any atom is 0.237 e. The standard InChI is InChI=1S/C67H34N6O3/c1-69-61-62(71-48-20-8-2-17-44(48)58-51(71)29-26-41-38-14-5-11-23-54(38)74-65(41)58)47(36-68)57(37-32-34-70-35-33-37)63(72-49-21-9-3-18-45(49)59-52(72)30-27-42-39-15-6-12-24-55(39)75-66(42)59)64(61)73-50-22-10-4-19-46(50)60-53(73)31-28-43-40-16-7-13-25-56(40)76-67(43)60/h2-35H. The molecule has 0 aliphatic carbocycles. The van der Waals surface area contributed by atoms with Crippen LogP contribution in [0.2, 0.25) is 0 Å². The molecule has 0 aliphatic rings. The molecule has 17 aromatic rings. The summed E-state index contributed by atoms with van der Waals surface area (Å²) in [6.07, 6.45) is 3.54. The van der Waals surface area contributed by atoms with Gasteiger partial charge in [0.2, 0.25) is 5.69 Å². The Morgan fingerprint density at radius 1 is 0.382 bits per heavy atom. The Kier molecular flexibility index (Phi) is 7.96. The van der Waals surface area contributed by atoms with Crippen LogP contribution in [0.4, 0.5) is 5.69 Å². The molecule has 0 amide bonds. The molecule has 0 unspecified atom stereocenters. The number of fused-ring (bicyclic) bond motifs is 21. The summed E-state index contributed by atoms with van der Waals surface area (Å²) in [6.45, 7) is 9.75. The van der Waals surface area contributed by atoms with E-state index in [2.05, 4.69) is 128 Å². The Balaban J connectivity index is 1.14. The van der Waals surface area contributed by atoms with Gasteiger partial charge in [-0.15, -0.1) is 0 Å². The smallest absolute Gasteiger partial charge is 0.237 e. The van der Waals surface area contributed by atoms with Crippen molar-refractivity contribution < 1.29 is 13.3 Å². The lowest BCUT2D eigenvalue weighted by molar-refractivity contribution is 0.672. The Labute approximate surface area is 429 Å². The average molecular weight is 971 g/mol. The van der Waals surface area contributed by atoms with E-state index in [0.29, 0.717) is 28.2 Å². The monoisotopic (exact) mass is 970 g/mol. The van der Waals surface area contributed by atoms with Gasteiger partial charge in [0.1, 0.15) is 39.6 Å². The number of rotatable bonds is 4. The van der Waals surface area contributed by atoms with E-state index in [0.717, 1.165) is 137 Å². The van der Waals surface area contributed by atoms with Crippen LogP contribution in [0.3, 0.4) is 0 Å². The zero-order chi connectivity index (χ0) is 49.9. The first-order valence-electron chi connectivity index (χ1n) is 25.1. The van der Waals surface area contributed by atoms with Crippen LogP contribution in [0.5, 0.6) is 0 Å². The third kappa shape index (κ3) is 5.12. The quantitative estimate of drug-likeness (QED) is 0.164. The van der Waals surface area contributed by atoms with Gasteiger partial charge in [-0.3, -0.25) is 4.98 Å². The van der Waals surface area contributed by atoms with Crippen molar-refractivity contribution in [3.63, 3.8) is 0 Å². The first-order valence-corrected chi connectivity index (χ1v) is 25.1. The molecular formula is C67H34N6O3. The summed E-state index contributed by atoms with van der Waals surface area (Å²) in [5.74, 6) is 0. The van der Waals surface area contributed by atoms with E-state index < -0.39 is 0 Å². The minimum Gasteiger partial charge on any atom is -0.455 e. The lowest BCUT2D eigenvalue weighted by atomic mass is 9.93. The van der Waals surface area contributed by atoms with Crippen LogP contribution in [0.15, 0.2) is 220 Å². The number of aromatic nitrogens is 4. The second kappa shape index (κ2) is 14.9. The highest BCUT2D eigenvalue weighted by Crippen LogP contribution is 2.54. The number of pyridine rings is 1. The summed E-state index contributed by atoms with van der Waals surface area (Å²) in [5, 5.41) is 23.9. The third-order valence-electron chi connectivity index (χ3n) is 15.8. The van der Waals surface area contributed by atoms with Gasteiger partial charge in [-0.1, -0.05) is 109 Å². The van der Waals surface area contributed by atoms with Gasteiger partial charge in [-0.2, -0.15) is 5.26 Å². The summed E-state index contributed by atoms with van der Waals surface area (Å²) in [7, 11) is 0. The highest BCUT2D eigenvalue weighted by Gasteiger charge is 2.34. The van der Waals surface area contributed by atoms with Crippen LogP contribution in [-0.2, 0) is 0 Å². The van der Waals surface area contributed by atoms with Gasteiger partial charge < -0.3 is 27.0 Å². The van der Waals surface area contributed by atoms with Crippen LogP contribution in [0.25, 0.3) is 164 Å². The molecule has 0 spiro atoms. The van der Waals surface area contributed by atoms with Gasteiger partial charge in [0.05, 0.1) is 78.5 Å². The molecule has 0 N–H and O–H groups in total. The van der Waals surface area contributed by atoms with Crippen molar-refractivity contribution in [2.75, 3.05) is 0 Å². The molecule has 0 aliphatic heterocycles. The summed E-state index contributed by atoms with van der Waals surface area (Å²) < 4.78 is 27.1. The van der Waals surface area contributed by atoms with Crippen LogP contribution < -0.4 is 0 Å². The number of hydrogen-bond acceptors (Lipinski definition) is 5. The van der Waals surface area contributed by atoms with Gasteiger partial charge in [0.15, 0.2) is 0 Å². The Hall–Kier alpha value is -10.9. The molecule has 0 radical (unpaired) electrons.